The summed E-state index contributed by atoms with van der Waals surface area (Å²) in [5, 5.41) is 9.39. The second-order valence-corrected chi connectivity index (χ2v) is 8.18. The second kappa shape index (κ2) is 11.6. The molecule has 0 saturated carbocycles. The Hall–Kier alpha value is -3.48. The number of Topliss-reactive ketones (excluding diaryl/α,β-unsaturated/α-hetero) is 1. The van der Waals surface area contributed by atoms with Gasteiger partial charge in [0.1, 0.15) is 42.3 Å². The van der Waals surface area contributed by atoms with Gasteiger partial charge in [0.2, 0.25) is 0 Å². The fourth-order valence-electron chi connectivity index (χ4n) is 3.71. The summed E-state index contributed by atoms with van der Waals surface area (Å²) in [4.78, 5) is 27.1. The van der Waals surface area contributed by atoms with Crippen molar-refractivity contribution in [1.82, 2.24) is 4.90 Å². The first-order valence-electron chi connectivity index (χ1n) is 10.9. The Kier molecular flexibility index (Phi) is 8.57. The lowest BCUT2D eigenvalue weighted by Gasteiger charge is -2.33. The molecular weight excluding hydrogens is 441 g/mol. The average Bonchev–Trinajstić information content (AvgIpc) is 2.84. The van der Waals surface area contributed by atoms with Gasteiger partial charge in [-0.1, -0.05) is 6.07 Å². The maximum absolute atomic E-state index is 14.9. The Morgan fingerprint density at radius 2 is 1.97 bits per heavy atom. The number of rotatable bonds is 9. The van der Waals surface area contributed by atoms with Crippen LogP contribution in [0.1, 0.15) is 27.9 Å². The third-order valence-corrected chi connectivity index (χ3v) is 5.56. The topological polar surface area (TPSA) is 92.1 Å². The number of benzene rings is 2. The molecule has 34 heavy (non-hydrogen) atoms. The number of nitrogens with zero attached hydrogens (tertiary/aromatic N) is 3. The van der Waals surface area contributed by atoms with Crippen LogP contribution in [-0.4, -0.2) is 70.3 Å². The summed E-state index contributed by atoms with van der Waals surface area (Å²) in [7, 11) is 4.78. The molecule has 2 aromatic rings. The van der Waals surface area contributed by atoms with Gasteiger partial charge in [-0.15, -0.1) is 0 Å². The zero-order valence-corrected chi connectivity index (χ0v) is 19.5. The van der Waals surface area contributed by atoms with Gasteiger partial charge in [-0.25, -0.2) is 4.39 Å². The van der Waals surface area contributed by atoms with Crippen LogP contribution in [0, 0.1) is 17.1 Å². The van der Waals surface area contributed by atoms with Crippen LogP contribution in [0.25, 0.3) is 0 Å². The summed E-state index contributed by atoms with van der Waals surface area (Å²) in [6.07, 6.45) is -0.523. The zero-order chi connectivity index (χ0) is 24.7. The van der Waals surface area contributed by atoms with E-state index in [0.717, 1.165) is 0 Å². The van der Waals surface area contributed by atoms with Crippen molar-refractivity contribution in [3.63, 3.8) is 0 Å². The Morgan fingerprint density at radius 1 is 1.24 bits per heavy atom. The third-order valence-electron chi connectivity index (χ3n) is 5.56. The van der Waals surface area contributed by atoms with E-state index in [-0.39, 0.29) is 30.5 Å². The van der Waals surface area contributed by atoms with Crippen LogP contribution in [0.4, 0.5) is 10.1 Å². The molecule has 0 N–H and O–H groups in total. The number of carbonyl (C=O) groups excluding carboxylic acids is 2. The first kappa shape index (κ1) is 25.1. The summed E-state index contributed by atoms with van der Waals surface area (Å²) in [5.41, 5.74) is 1.46. The van der Waals surface area contributed by atoms with Crippen LogP contribution < -0.4 is 9.64 Å². The van der Waals surface area contributed by atoms with E-state index in [1.807, 2.05) is 6.07 Å². The summed E-state index contributed by atoms with van der Waals surface area (Å²) in [5.74, 6) is -0.828. The molecule has 1 aliphatic heterocycles. The van der Waals surface area contributed by atoms with Gasteiger partial charge in [0.05, 0.1) is 19.4 Å². The molecule has 3 rings (SSSR count). The normalized spacial score (nSPS) is 15.9. The molecule has 1 heterocycles. The van der Waals surface area contributed by atoms with E-state index in [1.165, 1.54) is 7.11 Å². The zero-order valence-electron chi connectivity index (χ0n) is 19.5. The molecule has 0 aliphatic carbocycles. The molecule has 1 aliphatic rings. The Labute approximate surface area is 198 Å². The fourth-order valence-corrected chi connectivity index (χ4v) is 3.71. The van der Waals surface area contributed by atoms with Crippen LogP contribution in [0.3, 0.4) is 0 Å². The molecule has 0 spiro atoms. The summed E-state index contributed by atoms with van der Waals surface area (Å²) in [6, 6.07) is 12.0. The van der Waals surface area contributed by atoms with E-state index in [4.69, 9.17) is 9.47 Å². The van der Waals surface area contributed by atoms with Gasteiger partial charge in [0, 0.05) is 44.9 Å². The van der Waals surface area contributed by atoms with Gasteiger partial charge in [-0.2, -0.15) is 5.26 Å². The number of anilines is 1. The highest BCUT2D eigenvalue weighted by Gasteiger charge is 2.23. The maximum Gasteiger partial charge on any atom is 0.313 e. The highest BCUT2D eigenvalue weighted by Crippen LogP contribution is 2.25. The third kappa shape index (κ3) is 6.31. The van der Waals surface area contributed by atoms with Crippen LogP contribution in [0.15, 0.2) is 36.4 Å². The quantitative estimate of drug-likeness (QED) is 0.315. The van der Waals surface area contributed by atoms with Gasteiger partial charge in [0.25, 0.3) is 0 Å². The number of hydrogen-bond acceptors (Lipinski definition) is 8. The van der Waals surface area contributed by atoms with Gasteiger partial charge in [0.15, 0.2) is 5.78 Å². The van der Waals surface area contributed by atoms with E-state index in [1.54, 1.807) is 55.4 Å². The van der Waals surface area contributed by atoms with E-state index < -0.39 is 11.8 Å². The highest BCUT2D eigenvalue weighted by molar-refractivity contribution is 6.05. The number of hydrogen-bond donors (Lipinski definition) is 0. The Balaban J connectivity index is 1.55. The molecule has 9 heteroatoms. The molecule has 1 fully saturated rings. The van der Waals surface area contributed by atoms with Crippen molar-refractivity contribution in [2.24, 2.45) is 0 Å². The van der Waals surface area contributed by atoms with Crippen LogP contribution in [0.5, 0.6) is 5.75 Å². The lowest BCUT2D eigenvalue weighted by molar-refractivity contribution is -0.139. The molecule has 0 radical (unpaired) electrons. The first-order chi connectivity index (χ1) is 16.3. The molecule has 1 saturated heterocycles. The molecule has 8 nitrogen and oxygen atoms in total. The van der Waals surface area contributed by atoms with E-state index in [9.17, 15) is 19.2 Å². The predicted octanol–water partition coefficient (Wildman–Crippen LogP) is 2.79. The minimum atomic E-state index is -0.582. The van der Waals surface area contributed by atoms with Crippen molar-refractivity contribution < 1.29 is 28.2 Å². The molecular formula is C25H28FN3O5. The van der Waals surface area contributed by atoms with Crippen LogP contribution in [0.2, 0.25) is 0 Å². The molecule has 2 aromatic carbocycles. The lowest BCUT2D eigenvalue weighted by atomic mass is 10.1. The molecule has 0 aromatic heterocycles. The molecule has 1 unspecified atom stereocenters. The minimum Gasteiger partial charge on any atom is -0.491 e. The Bertz CT molecular complexity index is 1070. The van der Waals surface area contributed by atoms with Gasteiger partial charge < -0.3 is 19.1 Å². The van der Waals surface area contributed by atoms with Crippen molar-refractivity contribution >= 4 is 17.4 Å². The molecule has 180 valence electrons. The Morgan fingerprint density at radius 3 is 2.62 bits per heavy atom. The number of nitriles is 1. The fraction of sp³-hybridized carbons (Fsp3) is 0.400. The van der Waals surface area contributed by atoms with Crippen molar-refractivity contribution in [2.45, 2.75) is 19.1 Å². The monoisotopic (exact) mass is 469 g/mol. The number of halogens is 1. The summed E-state index contributed by atoms with van der Waals surface area (Å²) >= 11 is 0. The van der Waals surface area contributed by atoms with Crippen molar-refractivity contribution in [3.8, 4) is 11.8 Å². The van der Waals surface area contributed by atoms with Crippen molar-refractivity contribution in [3.05, 3.63) is 58.9 Å². The average molecular weight is 470 g/mol. The second-order valence-electron chi connectivity index (χ2n) is 8.18. The standard InChI is InChI=1S/C25H28FN3O5/c1-28(2)22-9-6-18(25(26)21(22)13-27)14-29-10-11-33-20(15-29)16-34-19-7-4-17(5-8-19)23(30)12-24(31)32-3/h4-9,20H,10-12,14-16H2,1-3H3. The predicted molar refractivity (Wildman–Crippen MR) is 123 cm³/mol. The molecule has 1 atom stereocenters. The van der Waals surface area contributed by atoms with E-state index >= 15 is 0 Å². The molecule has 0 bridgehead atoms. The number of ether oxygens (including phenoxy) is 3. The maximum atomic E-state index is 14.9. The first-order valence-corrected chi connectivity index (χ1v) is 10.9. The lowest BCUT2D eigenvalue weighted by Crippen LogP contribution is -2.44. The largest absolute Gasteiger partial charge is 0.491 e. The SMILES string of the molecule is COC(=O)CC(=O)c1ccc(OCC2CN(Cc3ccc(N(C)C)c(C#N)c3F)CCO2)cc1. The summed E-state index contributed by atoms with van der Waals surface area (Å²) < 4.78 is 31.0. The number of ketones is 1. The number of esters is 1. The van der Waals surface area contributed by atoms with Crippen LogP contribution in [-0.2, 0) is 20.8 Å². The highest BCUT2D eigenvalue weighted by atomic mass is 19.1. The van der Waals surface area contributed by atoms with E-state index in [0.29, 0.717) is 48.8 Å². The smallest absolute Gasteiger partial charge is 0.313 e. The van der Waals surface area contributed by atoms with Gasteiger partial charge in [-0.3, -0.25) is 14.5 Å². The van der Waals surface area contributed by atoms with Crippen molar-refractivity contribution in [2.75, 3.05) is 52.4 Å². The molecule has 0 amide bonds. The van der Waals surface area contributed by atoms with Crippen LogP contribution >= 0.6 is 0 Å². The number of carbonyl (C=O) groups is 2. The number of morpholine rings is 1. The van der Waals surface area contributed by atoms with Crippen molar-refractivity contribution in [1.29, 1.82) is 5.26 Å². The number of methoxy groups -OCH3 is 1. The van der Waals surface area contributed by atoms with Gasteiger partial charge in [-0.05, 0) is 30.3 Å². The minimum absolute atomic E-state index is 0.0455. The van der Waals surface area contributed by atoms with E-state index in [2.05, 4.69) is 9.64 Å². The summed E-state index contributed by atoms with van der Waals surface area (Å²) in [6.45, 7) is 2.33. The van der Waals surface area contributed by atoms with Gasteiger partial charge >= 0.3 is 5.97 Å².